The summed E-state index contributed by atoms with van der Waals surface area (Å²) in [5.41, 5.74) is 1.05. The monoisotopic (exact) mass is 249 g/mol. The summed E-state index contributed by atoms with van der Waals surface area (Å²) in [7, 11) is 1.96. The predicted molar refractivity (Wildman–Crippen MR) is 66.2 cm³/mol. The fourth-order valence-electron chi connectivity index (χ4n) is 1.82. The predicted octanol–water partition coefficient (Wildman–Crippen LogP) is 2.54. The van der Waals surface area contributed by atoms with Gasteiger partial charge in [-0.05, 0) is 36.9 Å². The minimum absolute atomic E-state index is 0.0817. The van der Waals surface area contributed by atoms with E-state index in [0.717, 1.165) is 17.9 Å². The molecule has 0 spiro atoms. The lowest BCUT2D eigenvalue weighted by Gasteiger charge is -2.15. The number of hydrogen-bond acceptors (Lipinski definition) is 3. The van der Waals surface area contributed by atoms with E-state index in [1.54, 1.807) is 18.2 Å². The number of halogens is 1. The van der Waals surface area contributed by atoms with Gasteiger partial charge in [0.2, 0.25) is 0 Å². The molecule has 4 heteroatoms. The number of aliphatic hydroxyl groups excluding tert-OH is 1. The van der Waals surface area contributed by atoms with Crippen molar-refractivity contribution >= 4 is 0 Å². The van der Waals surface area contributed by atoms with E-state index >= 15 is 0 Å². The van der Waals surface area contributed by atoms with Gasteiger partial charge >= 0.3 is 0 Å². The van der Waals surface area contributed by atoms with Crippen LogP contribution in [0, 0.1) is 5.82 Å². The van der Waals surface area contributed by atoms with E-state index in [-0.39, 0.29) is 12.4 Å². The third kappa shape index (κ3) is 3.42. The smallest absolute Gasteiger partial charge is 0.129 e. The Morgan fingerprint density at radius 2 is 1.72 bits per heavy atom. The average molecular weight is 249 g/mol. The van der Waals surface area contributed by atoms with Gasteiger partial charge in [0.05, 0.1) is 6.54 Å². The number of hydrogen-bond donors (Lipinski definition) is 1. The summed E-state index contributed by atoms with van der Waals surface area (Å²) in [5.74, 6) is 1.16. The van der Waals surface area contributed by atoms with Gasteiger partial charge in [-0.1, -0.05) is 12.1 Å². The topological polar surface area (TPSA) is 36.6 Å². The lowest BCUT2D eigenvalue weighted by molar-refractivity contribution is 0.231. The Bertz CT molecular complexity index is 493. The van der Waals surface area contributed by atoms with Crippen LogP contribution in [0.1, 0.15) is 17.1 Å². The highest BCUT2D eigenvalue weighted by atomic mass is 19.1. The minimum Gasteiger partial charge on any atom is -0.462 e. The lowest BCUT2D eigenvalue weighted by Crippen LogP contribution is -2.16. The molecule has 0 amide bonds. The molecule has 0 saturated carbocycles. The van der Waals surface area contributed by atoms with Gasteiger partial charge in [0.1, 0.15) is 23.9 Å². The standard InChI is InChI=1S/C14H16FNO2/c1-16(8-11-2-4-12(15)5-3-11)9-13-6-7-14(10-17)18-13/h2-7,17H,8-10H2,1H3. The molecule has 0 aliphatic carbocycles. The zero-order valence-electron chi connectivity index (χ0n) is 10.3. The Balaban J connectivity index is 1.91. The van der Waals surface area contributed by atoms with Crippen molar-refractivity contribution in [3.63, 3.8) is 0 Å². The Hall–Kier alpha value is -1.65. The maximum Gasteiger partial charge on any atom is 0.129 e. The van der Waals surface area contributed by atoms with Crippen LogP contribution < -0.4 is 0 Å². The summed E-state index contributed by atoms with van der Waals surface area (Å²) in [6.45, 7) is 1.29. The van der Waals surface area contributed by atoms with Crippen LogP contribution in [-0.2, 0) is 19.7 Å². The Kier molecular flexibility index (Phi) is 4.12. The molecule has 0 radical (unpaired) electrons. The molecule has 0 aliphatic rings. The molecule has 0 atom stereocenters. The minimum atomic E-state index is -0.222. The second-order valence-corrected chi connectivity index (χ2v) is 4.32. The van der Waals surface area contributed by atoms with Crippen molar-refractivity contribution in [1.29, 1.82) is 0 Å². The van der Waals surface area contributed by atoms with E-state index in [0.29, 0.717) is 12.3 Å². The molecule has 3 nitrogen and oxygen atoms in total. The quantitative estimate of drug-likeness (QED) is 0.884. The van der Waals surface area contributed by atoms with Crippen molar-refractivity contribution < 1.29 is 13.9 Å². The first-order chi connectivity index (χ1) is 8.67. The molecule has 1 aromatic carbocycles. The molecular weight excluding hydrogens is 233 g/mol. The van der Waals surface area contributed by atoms with E-state index in [4.69, 9.17) is 9.52 Å². The van der Waals surface area contributed by atoms with E-state index in [9.17, 15) is 4.39 Å². The molecule has 18 heavy (non-hydrogen) atoms. The Morgan fingerprint density at radius 1 is 1.06 bits per heavy atom. The van der Waals surface area contributed by atoms with Crippen LogP contribution in [0.4, 0.5) is 4.39 Å². The van der Waals surface area contributed by atoms with Crippen molar-refractivity contribution in [2.24, 2.45) is 0 Å². The molecular formula is C14H16FNO2. The van der Waals surface area contributed by atoms with Crippen LogP contribution in [-0.4, -0.2) is 17.1 Å². The van der Waals surface area contributed by atoms with E-state index in [1.807, 2.05) is 13.1 Å². The van der Waals surface area contributed by atoms with Gasteiger partial charge < -0.3 is 9.52 Å². The van der Waals surface area contributed by atoms with E-state index < -0.39 is 0 Å². The summed E-state index contributed by atoms with van der Waals surface area (Å²) in [6.07, 6.45) is 0. The molecule has 0 bridgehead atoms. The summed E-state index contributed by atoms with van der Waals surface area (Å²) >= 11 is 0. The van der Waals surface area contributed by atoms with Crippen LogP contribution in [0.3, 0.4) is 0 Å². The molecule has 2 aromatic rings. The van der Waals surface area contributed by atoms with Gasteiger partial charge in [-0.25, -0.2) is 4.39 Å². The van der Waals surface area contributed by atoms with E-state index in [2.05, 4.69) is 4.90 Å². The van der Waals surface area contributed by atoms with Gasteiger partial charge in [0.25, 0.3) is 0 Å². The zero-order valence-corrected chi connectivity index (χ0v) is 10.3. The van der Waals surface area contributed by atoms with Crippen molar-refractivity contribution in [2.75, 3.05) is 7.05 Å². The van der Waals surface area contributed by atoms with Crippen LogP contribution in [0.25, 0.3) is 0 Å². The SMILES string of the molecule is CN(Cc1ccc(F)cc1)Cc1ccc(CO)o1. The zero-order chi connectivity index (χ0) is 13.0. The summed E-state index contributed by atoms with van der Waals surface area (Å²) in [6, 6.07) is 10.1. The number of rotatable bonds is 5. The highest BCUT2D eigenvalue weighted by Crippen LogP contribution is 2.12. The molecule has 1 aromatic heterocycles. The number of benzene rings is 1. The summed E-state index contributed by atoms with van der Waals surface area (Å²) in [4.78, 5) is 2.06. The van der Waals surface area contributed by atoms with Crippen LogP contribution in [0.2, 0.25) is 0 Å². The van der Waals surface area contributed by atoms with Crippen molar-refractivity contribution in [1.82, 2.24) is 4.90 Å². The molecule has 96 valence electrons. The first-order valence-electron chi connectivity index (χ1n) is 5.79. The fourth-order valence-corrected chi connectivity index (χ4v) is 1.82. The molecule has 1 heterocycles. The highest BCUT2D eigenvalue weighted by molar-refractivity contribution is 5.16. The van der Waals surface area contributed by atoms with Crippen LogP contribution >= 0.6 is 0 Å². The Morgan fingerprint density at radius 3 is 2.33 bits per heavy atom. The van der Waals surface area contributed by atoms with Gasteiger partial charge in [-0.15, -0.1) is 0 Å². The molecule has 0 fully saturated rings. The molecule has 1 N–H and O–H groups in total. The molecule has 0 saturated heterocycles. The third-order valence-electron chi connectivity index (χ3n) is 2.66. The maximum atomic E-state index is 12.8. The van der Waals surface area contributed by atoms with Crippen molar-refractivity contribution in [3.8, 4) is 0 Å². The number of aliphatic hydroxyl groups is 1. The van der Waals surface area contributed by atoms with Gasteiger partial charge in [-0.3, -0.25) is 4.90 Å². The maximum absolute atomic E-state index is 12.8. The first-order valence-corrected chi connectivity index (χ1v) is 5.79. The Labute approximate surface area is 105 Å². The van der Waals surface area contributed by atoms with Crippen LogP contribution in [0.5, 0.6) is 0 Å². The lowest BCUT2D eigenvalue weighted by atomic mass is 10.2. The summed E-state index contributed by atoms with van der Waals surface area (Å²) < 4.78 is 18.2. The normalized spacial score (nSPS) is 11.1. The van der Waals surface area contributed by atoms with Gasteiger partial charge in [0, 0.05) is 6.54 Å². The molecule has 0 aliphatic heterocycles. The van der Waals surface area contributed by atoms with E-state index in [1.165, 1.54) is 12.1 Å². The average Bonchev–Trinajstić information content (AvgIpc) is 2.79. The number of furan rings is 1. The van der Waals surface area contributed by atoms with Crippen molar-refractivity contribution in [3.05, 3.63) is 59.3 Å². The second-order valence-electron chi connectivity index (χ2n) is 4.32. The molecule has 2 rings (SSSR count). The third-order valence-corrected chi connectivity index (χ3v) is 2.66. The van der Waals surface area contributed by atoms with Gasteiger partial charge in [0.15, 0.2) is 0 Å². The number of nitrogens with zero attached hydrogens (tertiary/aromatic N) is 1. The van der Waals surface area contributed by atoms with Gasteiger partial charge in [-0.2, -0.15) is 0 Å². The van der Waals surface area contributed by atoms with Crippen molar-refractivity contribution in [2.45, 2.75) is 19.7 Å². The first kappa shape index (κ1) is 12.8. The molecule has 0 unspecified atom stereocenters. The summed E-state index contributed by atoms with van der Waals surface area (Å²) in [5, 5.41) is 8.90. The fraction of sp³-hybridized carbons (Fsp3) is 0.286. The highest BCUT2D eigenvalue weighted by Gasteiger charge is 2.06. The van der Waals surface area contributed by atoms with Crippen LogP contribution in [0.15, 0.2) is 40.8 Å². The largest absolute Gasteiger partial charge is 0.462 e. The second kappa shape index (κ2) is 5.80.